The molecule has 3 rings (SSSR count). The maximum atomic E-state index is 13.3. The molecule has 136 valence electrons. The SMILES string of the molecule is N#CC(C(N)=O)=C1SC(Cc2ccc(Cl)cc2)C(=O)N1c1ccc(F)cc1. The zero-order valence-electron chi connectivity index (χ0n) is 13.9. The van der Waals surface area contributed by atoms with Crippen molar-refractivity contribution in [1.29, 1.82) is 5.26 Å². The van der Waals surface area contributed by atoms with E-state index in [4.69, 9.17) is 17.3 Å². The number of anilines is 1. The van der Waals surface area contributed by atoms with Crippen molar-refractivity contribution in [2.75, 3.05) is 4.90 Å². The van der Waals surface area contributed by atoms with E-state index in [9.17, 15) is 19.2 Å². The zero-order valence-corrected chi connectivity index (χ0v) is 15.4. The van der Waals surface area contributed by atoms with E-state index in [1.54, 1.807) is 30.3 Å². The van der Waals surface area contributed by atoms with E-state index >= 15 is 0 Å². The molecule has 0 spiro atoms. The van der Waals surface area contributed by atoms with Crippen LogP contribution in [0.25, 0.3) is 0 Å². The number of nitrogens with zero attached hydrogens (tertiary/aromatic N) is 2. The van der Waals surface area contributed by atoms with Crippen molar-refractivity contribution in [2.45, 2.75) is 11.7 Å². The van der Waals surface area contributed by atoms with E-state index in [-0.39, 0.29) is 16.5 Å². The van der Waals surface area contributed by atoms with Crippen molar-refractivity contribution in [3.63, 3.8) is 0 Å². The molecule has 27 heavy (non-hydrogen) atoms. The fourth-order valence-corrected chi connectivity index (χ4v) is 4.10. The molecule has 8 heteroatoms. The van der Waals surface area contributed by atoms with Crippen LogP contribution < -0.4 is 10.6 Å². The largest absolute Gasteiger partial charge is 0.365 e. The van der Waals surface area contributed by atoms with E-state index in [1.165, 1.54) is 29.2 Å². The van der Waals surface area contributed by atoms with Crippen LogP contribution in [0.1, 0.15) is 5.56 Å². The quantitative estimate of drug-likeness (QED) is 0.628. The maximum Gasteiger partial charge on any atom is 0.262 e. The Labute approximate surface area is 164 Å². The normalized spacial score (nSPS) is 18.3. The van der Waals surface area contributed by atoms with E-state index in [0.29, 0.717) is 17.1 Å². The van der Waals surface area contributed by atoms with E-state index in [1.807, 2.05) is 0 Å². The lowest BCUT2D eigenvalue weighted by molar-refractivity contribution is -0.117. The van der Waals surface area contributed by atoms with Gasteiger partial charge in [0.1, 0.15) is 22.5 Å². The Morgan fingerprint density at radius 2 is 1.85 bits per heavy atom. The Hall–Kier alpha value is -2.82. The van der Waals surface area contributed by atoms with Gasteiger partial charge in [-0.15, -0.1) is 0 Å². The zero-order chi connectivity index (χ0) is 19.6. The highest BCUT2D eigenvalue weighted by Crippen LogP contribution is 2.41. The summed E-state index contributed by atoms with van der Waals surface area (Å²) in [7, 11) is 0. The van der Waals surface area contributed by atoms with Gasteiger partial charge in [-0.1, -0.05) is 35.5 Å². The number of hydrogen-bond donors (Lipinski definition) is 1. The van der Waals surface area contributed by atoms with Gasteiger partial charge in [0, 0.05) is 10.7 Å². The molecule has 1 saturated heterocycles. The van der Waals surface area contributed by atoms with Crippen LogP contribution in [0.2, 0.25) is 5.02 Å². The van der Waals surface area contributed by atoms with Crippen LogP contribution in [0, 0.1) is 17.1 Å². The molecule has 2 aromatic carbocycles. The Bertz CT molecular complexity index is 968. The number of carbonyl (C=O) groups is 2. The van der Waals surface area contributed by atoms with Crippen molar-refractivity contribution in [3.8, 4) is 6.07 Å². The lowest BCUT2D eigenvalue weighted by atomic mass is 10.1. The molecule has 0 bridgehead atoms. The van der Waals surface area contributed by atoms with E-state index in [2.05, 4.69) is 0 Å². The minimum atomic E-state index is -0.924. The van der Waals surface area contributed by atoms with Gasteiger partial charge in [0.2, 0.25) is 5.91 Å². The lowest BCUT2D eigenvalue weighted by Crippen LogP contribution is -2.31. The van der Waals surface area contributed by atoms with Crippen LogP contribution in [0.15, 0.2) is 59.1 Å². The number of benzene rings is 2. The summed E-state index contributed by atoms with van der Waals surface area (Å²) in [5, 5.41) is 9.50. The first kappa shape index (κ1) is 19.0. The maximum absolute atomic E-state index is 13.3. The second-order valence-electron chi connectivity index (χ2n) is 5.74. The minimum Gasteiger partial charge on any atom is -0.365 e. The Kier molecular flexibility index (Phi) is 5.49. The molecular weight excluding hydrogens is 389 g/mol. The van der Waals surface area contributed by atoms with Crippen LogP contribution in [0.4, 0.5) is 10.1 Å². The Morgan fingerprint density at radius 1 is 1.22 bits per heavy atom. The second kappa shape index (κ2) is 7.82. The van der Waals surface area contributed by atoms with Gasteiger partial charge in [0.05, 0.1) is 5.25 Å². The summed E-state index contributed by atoms with van der Waals surface area (Å²) >= 11 is 6.98. The number of nitriles is 1. The number of halogens is 2. The van der Waals surface area contributed by atoms with Crippen LogP contribution >= 0.6 is 23.4 Å². The molecule has 1 heterocycles. The molecule has 1 aliphatic rings. The third-order valence-corrected chi connectivity index (χ3v) is 5.46. The summed E-state index contributed by atoms with van der Waals surface area (Å²) in [5.41, 5.74) is 6.23. The highest BCUT2D eigenvalue weighted by atomic mass is 35.5. The topological polar surface area (TPSA) is 87.2 Å². The summed E-state index contributed by atoms with van der Waals surface area (Å²) in [6.07, 6.45) is 0.374. The molecule has 1 unspecified atom stereocenters. The number of nitrogens with two attached hydrogens (primary N) is 1. The highest BCUT2D eigenvalue weighted by molar-refractivity contribution is 8.05. The summed E-state index contributed by atoms with van der Waals surface area (Å²) in [6.45, 7) is 0. The fraction of sp³-hybridized carbons (Fsp3) is 0.105. The predicted molar refractivity (Wildman–Crippen MR) is 102 cm³/mol. The molecule has 0 aromatic heterocycles. The minimum absolute atomic E-state index is 0.153. The number of primary amides is 1. The van der Waals surface area contributed by atoms with Crippen molar-refractivity contribution in [1.82, 2.24) is 0 Å². The molecular formula is C19H13ClFN3O2S. The van der Waals surface area contributed by atoms with Crippen molar-refractivity contribution >= 4 is 40.9 Å². The lowest BCUT2D eigenvalue weighted by Gasteiger charge is -2.18. The molecule has 5 nitrogen and oxygen atoms in total. The monoisotopic (exact) mass is 401 g/mol. The molecule has 1 atom stereocenters. The first-order valence-corrected chi connectivity index (χ1v) is 9.11. The molecule has 0 radical (unpaired) electrons. The van der Waals surface area contributed by atoms with Gasteiger partial charge in [0.25, 0.3) is 5.91 Å². The van der Waals surface area contributed by atoms with Gasteiger partial charge in [-0.25, -0.2) is 4.39 Å². The number of carbonyl (C=O) groups excluding carboxylic acids is 2. The predicted octanol–water partition coefficient (Wildman–Crippen LogP) is 3.39. The third-order valence-electron chi connectivity index (χ3n) is 3.94. The third kappa shape index (κ3) is 3.97. The summed E-state index contributed by atoms with van der Waals surface area (Å²) in [6, 6.07) is 14.0. The van der Waals surface area contributed by atoms with Crippen LogP contribution in [-0.2, 0) is 16.0 Å². The molecule has 2 amide bonds. The van der Waals surface area contributed by atoms with Gasteiger partial charge >= 0.3 is 0 Å². The second-order valence-corrected chi connectivity index (χ2v) is 7.37. The fourth-order valence-electron chi connectivity index (χ4n) is 2.66. The first-order chi connectivity index (χ1) is 12.9. The van der Waals surface area contributed by atoms with E-state index in [0.717, 1.165) is 17.3 Å². The van der Waals surface area contributed by atoms with Crippen molar-refractivity contribution in [3.05, 3.63) is 75.5 Å². The number of hydrogen-bond acceptors (Lipinski definition) is 4. The molecule has 2 N–H and O–H groups in total. The highest BCUT2D eigenvalue weighted by Gasteiger charge is 2.40. The summed E-state index contributed by atoms with van der Waals surface area (Å²) in [5.74, 6) is -1.70. The standard InChI is InChI=1S/C19H13ClFN3O2S/c20-12-3-1-11(2-4-12)9-16-18(26)24(14-7-5-13(21)6-8-14)19(27-16)15(10-22)17(23)25/h1-8,16H,9H2,(H2,23,25). The molecule has 1 fully saturated rings. The van der Waals surface area contributed by atoms with Crippen molar-refractivity contribution in [2.24, 2.45) is 5.73 Å². The summed E-state index contributed by atoms with van der Waals surface area (Å²) < 4.78 is 13.3. The van der Waals surface area contributed by atoms with Gasteiger partial charge < -0.3 is 5.73 Å². The molecule has 1 aliphatic heterocycles. The molecule has 0 aliphatic carbocycles. The Morgan fingerprint density at radius 3 is 2.41 bits per heavy atom. The van der Waals surface area contributed by atoms with Crippen LogP contribution in [0.3, 0.4) is 0 Å². The van der Waals surface area contributed by atoms with Crippen LogP contribution in [0.5, 0.6) is 0 Å². The van der Waals surface area contributed by atoms with E-state index < -0.39 is 17.0 Å². The van der Waals surface area contributed by atoms with Crippen LogP contribution in [-0.4, -0.2) is 17.1 Å². The first-order valence-electron chi connectivity index (χ1n) is 7.85. The van der Waals surface area contributed by atoms with Gasteiger partial charge in [-0.3, -0.25) is 14.5 Å². The van der Waals surface area contributed by atoms with Gasteiger partial charge in [0.15, 0.2) is 0 Å². The average molecular weight is 402 g/mol. The summed E-state index contributed by atoms with van der Waals surface area (Å²) in [4.78, 5) is 25.9. The molecule has 0 saturated carbocycles. The van der Waals surface area contributed by atoms with Gasteiger partial charge in [-0.05, 0) is 48.4 Å². The average Bonchev–Trinajstić information content (AvgIpc) is 2.94. The number of rotatable bonds is 4. The Balaban J connectivity index is 2.01. The number of thioether (sulfide) groups is 1. The smallest absolute Gasteiger partial charge is 0.262 e. The molecule has 2 aromatic rings. The van der Waals surface area contributed by atoms with Crippen molar-refractivity contribution < 1.29 is 14.0 Å². The number of amides is 2. The van der Waals surface area contributed by atoms with Gasteiger partial charge in [-0.2, -0.15) is 5.26 Å².